The normalized spacial score (nSPS) is 31.8. The van der Waals surface area contributed by atoms with E-state index in [0.29, 0.717) is 4.90 Å². The smallest absolute Gasteiger partial charge is 0.243 e. The highest BCUT2D eigenvalue weighted by atomic mass is 127. The van der Waals surface area contributed by atoms with Crippen LogP contribution < -0.4 is 0 Å². The van der Waals surface area contributed by atoms with Crippen molar-refractivity contribution in [3.8, 4) is 0 Å². The molecule has 2 aliphatic heterocycles. The Kier molecular flexibility index (Phi) is 4.86. The van der Waals surface area contributed by atoms with Gasteiger partial charge in [-0.05, 0) is 51.7 Å². The fourth-order valence-electron chi connectivity index (χ4n) is 4.00. The molecule has 0 aliphatic carbocycles. The molecular formula is C17H22INO3S. The van der Waals surface area contributed by atoms with Crippen molar-refractivity contribution in [2.24, 2.45) is 5.92 Å². The van der Waals surface area contributed by atoms with Crippen molar-refractivity contribution in [3.05, 3.63) is 29.8 Å². The summed E-state index contributed by atoms with van der Waals surface area (Å²) in [6.07, 6.45) is 3.41. The number of ketones is 1. The van der Waals surface area contributed by atoms with Crippen molar-refractivity contribution >= 4 is 38.4 Å². The van der Waals surface area contributed by atoms with E-state index in [1.165, 1.54) is 0 Å². The fraction of sp³-hybridized carbons (Fsp3) is 0.588. The number of rotatable bonds is 3. The number of benzene rings is 1. The molecule has 1 aromatic rings. The van der Waals surface area contributed by atoms with Crippen LogP contribution in [0.1, 0.15) is 38.2 Å². The molecule has 0 saturated carbocycles. The van der Waals surface area contributed by atoms with Crippen molar-refractivity contribution < 1.29 is 13.2 Å². The molecule has 23 heavy (non-hydrogen) atoms. The zero-order valence-electron chi connectivity index (χ0n) is 13.4. The molecule has 2 fully saturated rings. The summed E-state index contributed by atoms with van der Waals surface area (Å²) in [5.41, 5.74) is 1.04. The molecule has 6 heteroatoms. The predicted octanol–water partition coefficient (Wildman–Crippen LogP) is 3.32. The second-order valence-electron chi connectivity index (χ2n) is 6.68. The van der Waals surface area contributed by atoms with E-state index in [9.17, 15) is 13.2 Å². The third-order valence-electron chi connectivity index (χ3n) is 5.13. The number of carbonyl (C=O) groups is 1. The average Bonchev–Trinajstić information content (AvgIpc) is 2.82. The van der Waals surface area contributed by atoms with Crippen LogP contribution in [-0.2, 0) is 14.8 Å². The topological polar surface area (TPSA) is 54.5 Å². The molecule has 3 rings (SSSR count). The van der Waals surface area contributed by atoms with Gasteiger partial charge in [0.15, 0.2) is 0 Å². The standard InChI is InChI=1S/C17H22INO3S/c1-11-3-7-14(8-4-11)23(21,22)19-13-5-9-15(18)17(12(2)20)16(19)10-6-13/h3-4,7-8,13,15-17H,5-6,9-10H2,1-2H3. The molecule has 1 aromatic carbocycles. The minimum Gasteiger partial charge on any atom is -0.300 e. The van der Waals surface area contributed by atoms with Gasteiger partial charge in [-0.15, -0.1) is 0 Å². The van der Waals surface area contributed by atoms with Gasteiger partial charge in [0, 0.05) is 21.9 Å². The van der Waals surface area contributed by atoms with Crippen LogP contribution in [0, 0.1) is 12.8 Å². The lowest BCUT2D eigenvalue weighted by Crippen LogP contribution is -2.46. The van der Waals surface area contributed by atoms with Crippen molar-refractivity contribution in [1.29, 1.82) is 0 Å². The number of fused-ring (bicyclic) bond motifs is 2. The number of hydrogen-bond acceptors (Lipinski definition) is 3. The van der Waals surface area contributed by atoms with Crippen LogP contribution in [-0.4, -0.2) is 34.5 Å². The molecule has 4 nitrogen and oxygen atoms in total. The van der Waals surface area contributed by atoms with E-state index in [1.54, 1.807) is 23.4 Å². The van der Waals surface area contributed by atoms with Crippen molar-refractivity contribution in [2.75, 3.05) is 0 Å². The summed E-state index contributed by atoms with van der Waals surface area (Å²) in [5, 5.41) is 0. The van der Waals surface area contributed by atoms with Crippen molar-refractivity contribution in [3.63, 3.8) is 0 Å². The summed E-state index contributed by atoms with van der Waals surface area (Å²) >= 11 is 2.33. The largest absolute Gasteiger partial charge is 0.300 e. The molecular weight excluding hydrogens is 425 g/mol. The quantitative estimate of drug-likeness (QED) is 0.528. The molecule has 0 N–H and O–H groups in total. The summed E-state index contributed by atoms with van der Waals surface area (Å²) in [6.45, 7) is 3.55. The first-order valence-electron chi connectivity index (χ1n) is 8.07. The molecule has 2 aliphatic rings. The van der Waals surface area contributed by atoms with Crippen LogP contribution in [0.4, 0.5) is 0 Å². The summed E-state index contributed by atoms with van der Waals surface area (Å²) < 4.78 is 28.3. The zero-order chi connectivity index (χ0) is 16.8. The minimum absolute atomic E-state index is 0.0351. The van der Waals surface area contributed by atoms with Crippen LogP contribution in [0.3, 0.4) is 0 Å². The van der Waals surface area contributed by atoms with Gasteiger partial charge in [0.25, 0.3) is 0 Å². The van der Waals surface area contributed by atoms with Gasteiger partial charge in [-0.2, -0.15) is 4.31 Å². The second-order valence-corrected chi connectivity index (χ2v) is 10.1. The van der Waals surface area contributed by atoms with E-state index in [-0.39, 0.29) is 27.7 Å². The van der Waals surface area contributed by atoms with E-state index in [1.807, 2.05) is 19.1 Å². The van der Waals surface area contributed by atoms with Crippen LogP contribution in [0.5, 0.6) is 0 Å². The molecule has 2 bridgehead atoms. The second kappa shape index (κ2) is 6.44. The Labute approximate surface area is 151 Å². The average molecular weight is 447 g/mol. The van der Waals surface area contributed by atoms with Gasteiger partial charge < -0.3 is 0 Å². The molecule has 0 radical (unpaired) electrons. The molecule has 4 atom stereocenters. The molecule has 0 amide bonds. The van der Waals surface area contributed by atoms with Crippen molar-refractivity contribution in [2.45, 2.75) is 60.4 Å². The number of alkyl halides is 1. The predicted molar refractivity (Wildman–Crippen MR) is 98.2 cm³/mol. The Balaban J connectivity index is 2.03. The molecule has 0 spiro atoms. The maximum atomic E-state index is 13.2. The zero-order valence-corrected chi connectivity index (χ0v) is 16.4. The van der Waals surface area contributed by atoms with E-state index in [2.05, 4.69) is 22.6 Å². The van der Waals surface area contributed by atoms with Crippen LogP contribution in [0.2, 0.25) is 0 Å². The Morgan fingerprint density at radius 1 is 1.13 bits per heavy atom. The summed E-state index contributed by atoms with van der Waals surface area (Å²) in [7, 11) is -3.55. The lowest BCUT2D eigenvalue weighted by molar-refractivity contribution is -0.121. The van der Waals surface area contributed by atoms with E-state index in [0.717, 1.165) is 31.2 Å². The molecule has 2 heterocycles. The maximum absolute atomic E-state index is 13.2. The number of carbonyl (C=O) groups excluding carboxylic acids is 1. The Morgan fingerprint density at radius 2 is 1.74 bits per heavy atom. The van der Waals surface area contributed by atoms with Gasteiger partial charge in [-0.1, -0.05) is 40.3 Å². The number of nitrogens with zero attached hydrogens (tertiary/aromatic N) is 1. The van der Waals surface area contributed by atoms with Crippen LogP contribution in [0.15, 0.2) is 29.2 Å². The minimum atomic E-state index is -3.55. The number of Topliss-reactive ketones (excluding diaryl/α,β-unsaturated/α-hetero) is 1. The van der Waals surface area contributed by atoms with Crippen molar-refractivity contribution in [1.82, 2.24) is 4.31 Å². The van der Waals surface area contributed by atoms with Crippen LogP contribution >= 0.6 is 22.6 Å². The van der Waals surface area contributed by atoms with Gasteiger partial charge in [-0.3, -0.25) is 4.79 Å². The summed E-state index contributed by atoms with van der Waals surface area (Å²) in [6, 6.07) is 6.87. The monoisotopic (exact) mass is 447 g/mol. The number of halogens is 1. The first-order chi connectivity index (χ1) is 10.8. The van der Waals surface area contributed by atoms with Gasteiger partial charge in [-0.25, -0.2) is 8.42 Å². The van der Waals surface area contributed by atoms with E-state index in [4.69, 9.17) is 0 Å². The molecule has 4 unspecified atom stereocenters. The highest BCUT2D eigenvalue weighted by Gasteiger charge is 2.50. The number of sulfonamides is 1. The summed E-state index contributed by atoms with van der Waals surface area (Å²) in [5.74, 6) is -0.0793. The lowest BCUT2D eigenvalue weighted by atomic mass is 9.88. The maximum Gasteiger partial charge on any atom is 0.243 e. The Morgan fingerprint density at radius 3 is 2.35 bits per heavy atom. The number of aryl methyl sites for hydroxylation is 1. The third-order valence-corrected chi connectivity index (χ3v) is 8.52. The Hall–Kier alpha value is -0.470. The third kappa shape index (κ3) is 3.09. The van der Waals surface area contributed by atoms with E-state index >= 15 is 0 Å². The lowest BCUT2D eigenvalue weighted by Gasteiger charge is -2.31. The Bertz CT molecular complexity index is 701. The van der Waals surface area contributed by atoms with Gasteiger partial charge in [0.05, 0.1) is 4.90 Å². The highest BCUT2D eigenvalue weighted by Crippen LogP contribution is 2.43. The first-order valence-corrected chi connectivity index (χ1v) is 10.8. The van der Waals surface area contributed by atoms with Gasteiger partial charge in [0.1, 0.15) is 5.78 Å². The highest BCUT2D eigenvalue weighted by molar-refractivity contribution is 14.1. The summed E-state index contributed by atoms with van der Waals surface area (Å²) in [4.78, 5) is 12.5. The fourth-order valence-corrected chi connectivity index (χ4v) is 7.27. The van der Waals surface area contributed by atoms with Gasteiger partial charge >= 0.3 is 0 Å². The molecule has 0 aromatic heterocycles. The number of hydrogen-bond donors (Lipinski definition) is 0. The van der Waals surface area contributed by atoms with E-state index < -0.39 is 10.0 Å². The van der Waals surface area contributed by atoms with Crippen LogP contribution in [0.25, 0.3) is 0 Å². The van der Waals surface area contributed by atoms with Gasteiger partial charge in [0.2, 0.25) is 10.0 Å². The first kappa shape index (κ1) is 17.4. The molecule has 2 saturated heterocycles. The molecule has 126 valence electrons. The SMILES string of the molecule is CC(=O)C1C(I)CCC2CCC1N2S(=O)(=O)c1ccc(C)cc1.